The van der Waals surface area contributed by atoms with Crippen LogP contribution in [0.2, 0.25) is 0 Å². The first-order chi connectivity index (χ1) is 8.16. The molecule has 0 aromatic carbocycles. The quantitative estimate of drug-likeness (QED) is 0.680. The van der Waals surface area contributed by atoms with E-state index in [2.05, 4.69) is 4.98 Å². The van der Waals surface area contributed by atoms with E-state index in [-0.39, 0.29) is 18.1 Å². The third-order valence-corrected chi connectivity index (χ3v) is 2.77. The second-order valence-corrected chi connectivity index (χ2v) is 4.05. The molecule has 17 heavy (non-hydrogen) atoms. The lowest BCUT2D eigenvalue weighted by atomic mass is 10.1. The van der Waals surface area contributed by atoms with Crippen molar-refractivity contribution in [1.82, 2.24) is 14.5 Å². The monoisotopic (exact) mass is 237 g/mol. The fourth-order valence-electron chi connectivity index (χ4n) is 1.94. The zero-order valence-corrected chi connectivity index (χ0v) is 9.70. The van der Waals surface area contributed by atoms with E-state index in [1.54, 1.807) is 17.3 Å². The molecule has 6 heteroatoms. The molecule has 0 radical (unpaired) electrons. The van der Waals surface area contributed by atoms with Gasteiger partial charge in [0, 0.05) is 45.2 Å². The summed E-state index contributed by atoms with van der Waals surface area (Å²) < 4.78 is 6.56. The molecule has 1 saturated heterocycles. The van der Waals surface area contributed by atoms with Crippen molar-refractivity contribution in [2.45, 2.75) is 25.9 Å². The number of aromatic nitrogens is 2. The zero-order valence-electron chi connectivity index (χ0n) is 9.70. The van der Waals surface area contributed by atoms with Crippen molar-refractivity contribution in [3.05, 3.63) is 18.7 Å². The van der Waals surface area contributed by atoms with Gasteiger partial charge in [0.2, 0.25) is 0 Å². The van der Waals surface area contributed by atoms with Gasteiger partial charge in [-0.15, -0.1) is 0 Å². The fraction of sp³-hybridized carbons (Fsp3) is 0.545. The standard InChI is InChI=1S/C11H15N3O3/c1-9(15)17-10-2-5-13(6-3-10)11(16)14-7-4-12-8-14/h4,7-8,10H,2-3,5-6H2,1H3. The third-order valence-electron chi connectivity index (χ3n) is 2.77. The van der Waals surface area contributed by atoms with Crippen molar-refractivity contribution < 1.29 is 14.3 Å². The van der Waals surface area contributed by atoms with Gasteiger partial charge in [-0.1, -0.05) is 0 Å². The molecule has 0 bridgehead atoms. The van der Waals surface area contributed by atoms with Crippen LogP contribution in [0.5, 0.6) is 0 Å². The first-order valence-corrected chi connectivity index (χ1v) is 5.61. The molecule has 0 aliphatic carbocycles. The van der Waals surface area contributed by atoms with Gasteiger partial charge in [0.05, 0.1) is 0 Å². The predicted molar refractivity (Wildman–Crippen MR) is 59.4 cm³/mol. The average molecular weight is 237 g/mol. The van der Waals surface area contributed by atoms with Gasteiger partial charge in [0.1, 0.15) is 12.4 Å². The summed E-state index contributed by atoms with van der Waals surface area (Å²) in [7, 11) is 0. The summed E-state index contributed by atoms with van der Waals surface area (Å²) in [6.45, 7) is 2.62. The Morgan fingerprint density at radius 2 is 2.06 bits per heavy atom. The molecule has 2 rings (SSSR count). The van der Waals surface area contributed by atoms with Crippen LogP contribution in [-0.4, -0.2) is 45.6 Å². The minimum absolute atomic E-state index is 0.0562. The summed E-state index contributed by atoms with van der Waals surface area (Å²) in [6, 6.07) is -0.0798. The Labute approximate surface area is 99.2 Å². The molecule has 1 aromatic rings. The maximum atomic E-state index is 11.9. The van der Waals surface area contributed by atoms with Crippen LogP contribution in [0.4, 0.5) is 4.79 Å². The highest BCUT2D eigenvalue weighted by Gasteiger charge is 2.24. The van der Waals surface area contributed by atoms with E-state index in [0.29, 0.717) is 25.9 Å². The Morgan fingerprint density at radius 1 is 1.35 bits per heavy atom. The number of hydrogen-bond donors (Lipinski definition) is 0. The van der Waals surface area contributed by atoms with Crippen LogP contribution in [0, 0.1) is 0 Å². The lowest BCUT2D eigenvalue weighted by Crippen LogP contribution is -2.42. The Bertz CT molecular complexity index is 394. The number of esters is 1. The summed E-state index contributed by atoms with van der Waals surface area (Å²) in [4.78, 5) is 28.3. The molecule has 6 nitrogen and oxygen atoms in total. The van der Waals surface area contributed by atoms with Gasteiger partial charge >= 0.3 is 12.0 Å². The van der Waals surface area contributed by atoms with Crippen molar-refractivity contribution in [2.75, 3.05) is 13.1 Å². The number of imidazole rings is 1. The van der Waals surface area contributed by atoms with Gasteiger partial charge in [0.15, 0.2) is 0 Å². The Hall–Kier alpha value is -1.85. The molecule has 0 N–H and O–H groups in total. The topological polar surface area (TPSA) is 64.4 Å². The van der Waals surface area contributed by atoms with Crippen molar-refractivity contribution in [1.29, 1.82) is 0 Å². The molecular formula is C11H15N3O3. The minimum atomic E-state index is -0.260. The Balaban J connectivity index is 1.87. The molecule has 1 aromatic heterocycles. The number of rotatable bonds is 1. The summed E-state index contributed by atoms with van der Waals surface area (Å²) in [6.07, 6.45) is 6.02. The predicted octanol–water partition coefficient (Wildman–Crippen LogP) is 0.879. The zero-order chi connectivity index (χ0) is 12.3. The summed E-state index contributed by atoms with van der Waals surface area (Å²) >= 11 is 0. The van der Waals surface area contributed by atoms with Gasteiger partial charge in [-0.3, -0.25) is 9.36 Å². The maximum Gasteiger partial charge on any atom is 0.329 e. The number of ether oxygens (including phenoxy) is 1. The number of amides is 1. The molecular weight excluding hydrogens is 222 g/mol. The first kappa shape index (κ1) is 11.6. The molecule has 2 heterocycles. The number of hydrogen-bond acceptors (Lipinski definition) is 4. The van der Waals surface area contributed by atoms with Crippen LogP contribution in [0.1, 0.15) is 19.8 Å². The smallest absolute Gasteiger partial charge is 0.329 e. The molecule has 1 aliphatic heterocycles. The van der Waals surface area contributed by atoms with Crippen molar-refractivity contribution >= 4 is 12.0 Å². The lowest BCUT2D eigenvalue weighted by molar-refractivity contribution is -0.148. The minimum Gasteiger partial charge on any atom is -0.462 e. The summed E-state index contributed by atoms with van der Waals surface area (Å²) in [5.41, 5.74) is 0. The van der Waals surface area contributed by atoms with E-state index in [9.17, 15) is 9.59 Å². The van der Waals surface area contributed by atoms with Crippen molar-refractivity contribution in [3.8, 4) is 0 Å². The number of likely N-dealkylation sites (tertiary alicyclic amines) is 1. The van der Waals surface area contributed by atoms with E-state index in [1.165, 1.54) is 17.8 Å². The highest BCUT2D eigenvalue weighted by molar-refractivity contribution is 5.76. The van der Waals surface area contributed by atoms with E-state index >= 15 is 0 Å². The Kier molecular flexibility index (Phi) is 3.41. The summed E-state index contributed by atoms with van der Waals surface area (Å²) in [5, 5.41) is 0. The van der Waals surface area contributed by atoms with E-state index in [1.807, 2.05) is 0 Å². The van der Waals surface area contributed by atoms with E-state index in [4.69, 9.17) is 4.74 Å². The first-order valence-electron chi connectivity index (χ1n) is 5.61. The van der Waals surface area contributed by atoms with E-state index < -0.39 is 0 Å². The largest absolute Gasteiger partial charge is 0.462 e. The molecule has 1 aliphatic rings. The van der Waals surface area contributed by atoms with Gasteiger partial charge in [-0.05, 0) is 0 Å². The second kappa shape index (κ2) is 4.99. The normalized spacial score (nSPS) is 16.9. The third kappa shape index (κ3) is 2.83. The van der Waals surface area contributed by atoms with Crippen LogP contribution in [0.25, 0.3) is 0 Å². The van der Waals surface area contributed by atoms with E-state index in [0.717, 1.165) is 0 Å². The highest BCUT2D eigenvalue weighted by Crippen LogP contribution is 2.14. The molecule has 0 spiro atoms. The molecule has 0 atom stereocenters. The number of carbonyl (C=O) groups is 2. The second-order valence-electron chi connectivity index (χ2n) is 4.05. The fourth-order valence-corrected chi connectivity index (χ4v) is 1.94. The number of carbonyl (C=O) groups excluding carboxylic acids is 2. The number of piperidine rings is 1. The van der Waals surface area contributed by atoms with Crippen molar-refractivity contribution in [3.63, 3.8) is 0 Å². The number of nitrogens with zero attached hydrogens (tertiary/aromatic N) is 3. The maximum absolute atomic E-state index is 11.9. The van der Waals surface area contributed by atoms with Gasteiger partial charge in [-0.2, -0.15) is 0 Å². The summed E-state index contributed by atoms with van der Waals surface area (Å²) in [5.74, 6) is -0.260. The van der Waals surface area contributed by atoms with Crippen molar-refractivity contribution in [2.24, 2.45) is 0 Å². The van der Waals surface area contributed by atoms with Gasteiger partial charge in [0.25, 0.3) is 0 Å². The SMILES string of the molecule is CC(=O)OC1CCN(C(=O)n2ccnc2)CC1. The highest BCUT2D eigenvalue weighted by atomic mass is 16.5. The Morgan fingerprint density at radius 3 is 2.59 bits per heavy atom. The molecule has 0 unspecified atom stereocenters. The van der Waals surface area contributed by atoms with Gasteiger partial charge < -0.3 is 9.64 Å². The van der Waals surface area contributed by atoms with Crippen LogP contribution in [0.15, 0.2) is 18.7 Å². The molecule has 0 saturated carbocycles. The van der Waals surface area contributed by atoms with Gasteiger partial charge in [-0.25, -0.2) is 9.78 Å². The van der Waals surface area contributed by atoms with Crippen LogP contribution < -0.4 is 0 Å². The molecule has 1 fully saturated rings. The lowest BCUT2D eigenvalue weighted by Gasteiger charge is -2.31. The molecule has 1 amide bonds. The average Bonchev–Trinajstić information content (AvgIpc) is 2.82. The van der Waals surface area contributed by atoms with Crippen LogP contribution in [-0.2, 0) is 9.53 Å². The van der Waals surface area contributed by atoms with Crippen LogP contribution >= 0.6 is 0 Å². The molecule has 92 valence electrons. The van der Waals surface area contributed by atoms with Crippen LogP contribution in [0.3, 0.4) is 0 Å².